The smallest absolute Gasteiger partial charge is 0.330 e. The first-order valence-corrected chi connectivity index (χ1v) is 5.57. The molecule has 1 rings (SSSR count). The lowest BCUT2D eigenvalue weighted by molar-refractivity contribution is -0.132. The Bertz CT molecular complexity index is 269. The Balaban J connectivity index is 2.38. The molecule has 0 spiro atoms. The molecule has 3 heteroatoms. The number of carboxylic acids is 1. The zero-order chi connectivity index (χ0) is 11.5. The van der Waals surface area contributed by atoms with E-state index >= 15 is 0 Å². The fraction of sp³-hybridized carbons (Fsp3) is 0.750. The highest BCUT2D eigenvalue weighted by Crippen LogP contribution is 2.36. The highest BCUT2D eigenvalue weighted by Gasteiger charge is 2.33. The standard InChI is InChI=1S/C12H21NO2/c1-9(11(14)15)6-8-13-10-5-4-7-12(10,2)3/h6,10,13H,4-5,7-8H2,1-3H3,(H,14,15). The zero-order valence-electron chi connectivity index (χ0n) is 9.84. The van der Waals surface area contributed by atoms with E-state index in [-0.39, 0.29) is 0 Å². The molecule has 1 unspecified atom stereocenters. The Labute approximate surface area is 91.6 Å². The molecule has 0 aliphatic heterocycles. The summed E-state index contributed by atoms with van der Waals surface area (Å²) in [5, 5.41) is 12.1. The third-order valence-corrected chi connectivity index (χ3v) is 3.37. The molecule has 0 heterocycles. The average Bonchev–Trinajstić information content (AvgIpc) is 2.45. The summed E-state index contributed by atoms with van der Waals surface area (Å²) in [4.78, 5) is 10.6. The van der Waals surface area contributed by atoms with Crippen molar-refractivity contribution in [1.82, 2.24) is 5.32 Å². The van der Waals surface area contributed by atoms with E-state index < -0.39 is 5.97 Å². The molecule has 0 aromatic heterocycles. The number of rotatable bonds is 4. The molecule has 3 nitrogen and oxygen atoms in total. The quantitative estimate of drug-likeness (QED) is 0.701. The van der Waals surface area contributed by atoms with Gasteiger partial charge in [0.15, 0.2) is 0 Å². The monoisotopic (exact) mass is 211 g/mol. The van der Waals surface area contributed by atoms with E-state index in [0.29, 0.717) is 23.6 Å². The van der Waals surface area contributed by atoms with Crippen LogP contribution in [0.25, 0.3) is 0 Å². The Morgan fingerprint density at radius 3 is 2.73 bits per heavy atom. The number of hydrogen-bond acceptors (Lipinski definition) is 2. The van der Waals surface area contributed by atoms with Gasteiger partial charge in [-0.25, -0.2) is 4.79 Å². The number of carboxylic acid groups (broad SMARTS) is 1. The molecule has 0 aromatic rings. The van der Waals surface area contributed by atoms with Crippen LogP contribution >= 0.6 is 0 Å². The third-order valence-electron chi connectivity index (χ3n) is 3.37. The van der Waals surface area contributed by atoms with Gasteiger partial charge in [0.05, 0.1) is 0 Å². The molecule has 2 N–H and O–H groups in total. The highest BCUT2D eigenvalue weighted by molar-refractivity contribution is 5.85. The van der Waals surface area contributed by atoms with Crippen molar-refractivity contribution in [3.63, 3.8) is 0 Å². The van der Waals surface area contributed by atoms with Crippen molar-refractivity contribution < 1.29 is 9.90 Å². The molecule has 1 saturated carbocycles. The second-order valence-corrected chi connectivity index (χ2v) is 5.03. The van der Waals surface area contributed by atoms with Gasteiger partial charge < -0.3 is 10.4 Å². The minimum atomic E-state index is -0.831. The maximum Gasteiger partial charge on any atom is 0.330 e. The van der Waals surface area contributed by atoms with Gasteiger partial charge in [-0.3, -0.25) is 0 Å². The Hall–Kier alpha value is -0.830. The fourth-order valence-electron chi connectivity index (χ4n) is 2.15. The lowest BCUT2D eigenvalue weighted by atomic mass is 9.87. The predicted octanol–water partition coefficient (Wildman–Crippen LogP) is 2.19. The van der Waals surface area contributed by atoms with E-state index in [1.54, 1.807) is 13.0 Å². The van der Waals surface area contributed by atoms with Gasteiger partial charge in [-0.2, -0.15) is 0 Å². The molecule has 15 heavy (non-hydrogen) atoms. The van der Waals surface area contributed by atoms with Crippen LogP contribution < -0.4 is 5.32 Å². The fourth-order valence-corrected chi connectivity index (χ4v) is 2.15. The van der Waals surface area contributed by atoms with Crippen molar-refractivity contribution in [2.75, 3.05) is 6.54 Å². The molecule has 1 aliphatic carbocycles. The lowest BCUT2D eigenvalue weighted by Gasteiger charge is -2.27. The normalized spacial score (nSPS) is 25.5. The number of hydrogen-bond donors (Lipinski definition) is 2. The molecule has 0 bridgehead atoms. The van der Waals surface area contributed by atoms with Crippen LogP contribution in [0.2, 0.25) is 0 Å². The van der Waals surface area contributed by atoms with Crippen molar-refractivity contribution in [3.8, 4) is 0 Å². The van der Waals surface area contributed by atoms with Gasteiger partial charge in [0.25, 0.3) is 0 Å². The van der Waals surface area contributed by atoms with Gasteiger partial charge in [-0.1, -0.05) is 26.3 Å². The highest BCUT2D eigenvalue weighted by atomic mass is 16.4. The van der Waals surface area contributed by atoms with Crippen LogP contribution in [0, 0.1) is 5.41 Å². The third kappa shape index (κ3) is 3.34. The maximum absolute atomic E-state index is 10.6. The van der Waals surface area contributed by atoms with Crippen LogP contribution in [0.5, 0.6) is 0 Å². The van der Waals surface area contributed by atoms with E-state index in [1.165, 1.54) is 19.3 Å². The van der Waals surface area contributed by atoms with Crippen molar-refractivity contribution in [3.05, 3.63) is 11.6 Å². The van der Waals surface area contributed by atoms with Gasteiger partial charge in [0.2, 0.25) is 0 Å². The Morgan fingerprint density at radius 2 is 2.27 bits per heavy atom. The van der Waals surface area contributed by atoms with E-state index in [1.807, 2.05) is 0 Å². The topological polar surface area (TPSA) is 49.3 Å². The van der Waals surface area contributed by atoms with Crippen LogP contribution in [0.1, 0.15) is 40.0 Å². The molecule has 86 valence electrons. The molecule has 0 aromatic carbocycles. The van der Waals surface area contributed by atoms with E-state index in [4.69, 9.17) is 5.11 Å². The van der Waals surface area contributed by atoms with Gasteiger partial charge in [-0.05, 0) is 25.2 Å². The average molecular weight is 211 g/mol. The lowest BCUT2D eigenvalue weighted by Crippen LogP contribution is -2.37. The summed E-state index contributed by atoms with van der Waals surface area (Å²) in [5.74, 6) is -0.831. The summed E-state index contributed by atoms with van der Waals surface area (Å²) in [5.41, 5.74) is 0.767. The van der Waals surface area contributed by atoms with Gasteiger partial charge in [-0.15, -0.1) is 0 Å². The summed E-state index contributed by atoms with van der Waals surface area (Å²) in [6.07, 6.45) is 5.47. The van der Waals surface area contributed by atoms with Crippen LogP contribution in [0.15, 0.2) is 11.6 Å². The van der Waals surface area contributed by atoms with Crippen LogP contribution in [0.3, 0.4) is 0 Å². The Morgan fingerprint density at radius 1 is 1.60 bits per heavy atom. The van der Waals surface area contributed by atoms with Gasteiger partial charge in [0.1, 0.15) is 0 Å². The molecule has 0 amide bonds. The number of aliphatic carboxylic acids is 1. The number of carbonyl (C=O) groups is 1. The first kappa shape index (κ1) is 12.2. The van der Waals surface area contributed by atoms with Crippen molar-refractivity contribution in [1.29, 1.82) is 0 Å². The molecule has 1 atom stereocenters. The summed E-state index contributed by atoms with van der Waals surface area (Å²) < 4.78 is 0. The van der Waals surface area contributed by atoms with E-state index in [0.717, 1.165) is 0 Å². The van der Waals surface area contributed by atoms with E-state index in [2.05, 4.69) is 19.2 Å². The summed E-state index contributed by atoms with van der Waals surface area (Å²) in [6, 6.07) is 0.523. The minimum absolute atomic E-state index is 0.352. The van der Waals surface area contributed by atoms with Crippen LogP contribution in [-0.2, 0) is 4.79 Å². The molecule has 1 aliphatic rings. The first-order chi connectivity index (χ1) is 6.93. The molecular formula is C12H21NO2. The summed E-state index contributed by atoms with van der Waals surface area (Å²) >= 11 is 0. The minimum Gasteiger partial charge on any atom is -0.478 e. The van der Waals surface area contributed by atoms with Gasteiger partial charge >= 0.3 is 5.97 Å². The first-order valence-electron chi connectivity index (χ1n) is 5.57. The summed E-state index contributed by atoms with van der Waals surface area (Å²) in [6.45, 7) is 6.83. The number of nitrogens with one attached hydrogen (secondary N) is 1. The zero-order valence-corrected chi connectivity index (χ0v) is 9.84. The SMILES string of the molecule is CC(=CCNC1CCCC1(C)C)C(=O)O. The maximum atomic E-state index is 10.6. The van der Waals surface area contributed by atoms with E-state index in [9.17, 15) is 4.79 Å². The van der Waals surface area contributed by atoms with Crippen molar-refractivity contribution in [2.24, 2.45) is 5.41 Å². The van der Waals surface area contributed by atoms with Crippen molar-refractivity contribution >= 4 is 5.97 Å². The Kier molecular flexibility index (Phi) is 3.91. The van der Waals surface area contributed by atoms with Crippen LogP contribution in [-0.4, -0.2) is 23.7 Å². The largest absolute Gasteiger partial charge is 0.478 e. The summed E-state index contributed by atoms with van der Waals surface area (Å²) in [7, 11) is 0. The van der Waals surface area contributed by atoms with Gasteiger partial charge in [0, 0.05) is 18.2 Å². The second kappa shape index (κ2) is 4.79. The molecule has 1 fully saturated rings. The molecular weight excluding hydrogens is 190 g/mol. The predicted molar refractivity (Wildman–Crippen MR) is 60.8 cm³/mol. The molecule has 0 radical (unpaired) electrons. The molecule has 0 saturated heterocycles. The van der Waals surface area contributed by atoms with Crippen molar-refractivity contribution in [2.45, 2.75) is 46.1 Å². The second-order valence-electron chi connectivity index (χ2n) is 5.03. The van der Waals surface area contributed by atoms with Crippen LogP contribution in [0.4, 0.5) is 0 Å².